The Hall–Kier alpha value is -1.12. The summed E-state index contributed by atoms with van der Waals surface area (Å²) in [4.78, 5) is 10.7. The summed E-state index contributed by atoms with van der Waals surface area (Å²) in [7, 11) is 3.99. The van der Waals surface area contributed by atoms with Crippen LogP contribution in [0.3, 0.4) is 0 Å². The highest BCUT2D eigenvalue weighted by atomic mass is 127. The van der Waals surface area contributed by atoms with Crippen molar-refractivity contribution in [2.24, 2.45) is 4.99 Å². The van der Waals surface area contributed by atoms with Gasteiger partial charge in [0.2, 0.25) is 0 Å². The van der Waals surface area contributed by atoms with Gasteiger partial charge in [-0.3, -0.25) is 9.89 Å². The van der Waals surface area contributed by atoms with Gasteiger partial charge in [0.15, 0.2) is 5.96 Å². The van der Waals surface area contributed by atoms with E-state index in [1.54, 1.807) is 0 Å². The van der Waals surface area contributed by atoms with Crippen molar-refractivity contribution in [3.05, 3.63) is 58.3 Å². The number of nitrogens with zero attached hydrogens (tertiary/aromatic N) is 3. The largest absolute Gasteiger partial charge is 0.354 e. The lowest BCUT2D eigenvalue weighted by Gasteiger charge is -2.30. The predicted octanol–water partition coefficient (Wildman–Crippen LogP) is 4.25. The predicted molar refractivity (Wildman–Crippen MR) is 127 cm³/mol. The van der Waals surface area contributed by atoms with E-state index in [0.717, 1.165) is 25.5 Å². The number of nitrogens with one attached hydrogen (secondary N) is 1. The second-order valence-electron chi connectivity index (χ2n) is 6.85. The van der Waals surface area contributed by atoms with E-state index in [9.17, 15) is 0 Å². The molecule has 4 nitrogen and oxygen atoms in total. The van der Waals surface area contributed by atoms with Crippen LogP contribution in [0, 0.1) is 0 Å². The molecule has 1 aliphatic rings. The molecular formula is C21H31IN4S. The summed E-state index contributed by atoms with van der Waals surface area (Å²) in [6.07, 6.45) is 3.67. The molecule has 148 valence electrons. The fourth-order valence-electron chi connectivity index (χ4n) is 3.60. The van der Waals surface area contributed by atoms with E-state index in [1.807, 2.05) is 18.4 Å². The smallest absolute Gasteiger partial charge is 0.193 e. The fraction of sp³-hybridized carbons (Fsp3) is 0.476. The molecule has 1 aromatic carbocycles. The van der Waals surface area contributed by atoms with Crippen molar-refractivity contribution in [3.8, 4) is 0 Å². The maximum Gasteiger partial charge on any atom is 0.193 e. The zero-order valence-electron chi connectivity index (χ0n) is 16.3. The molecule has 1 aliphatic heterocycles. The second-order valence-corrected chi connectivity index (χ2v) is 7.88. The Morgan fingerprint density at radius 1 is 1.19 bits per heavy atom. The number of hydrogen-bond acceptors (Lipinski definition) is 3. The Kier molecular flexibility index (Phi) is 9.58. The molecular weight excluding hydrogens is 467 g/mol. The van der Waals surface area contributed by atoms with Crippen molar-refractivity contribution in [2.45, 2.75) is 25.3 Å². The number of aliphatic imine (C=N–C) groups is 1. The van der Waals surface area contributed by atoms with Crippen LogP contribution in [-0.4, -0.2) is 56.0 Å². The topological polar surface area (TPSA) is 30.9 Å². The third kappa shape index (κ3) is 6.47. The molecule has 2 heterocycles. The van der Waals surface area contributed by atoms with Crippen LogP contribution < -0.4 is 5.32 Å². The number of thiophene rings is 1. The van der Waals surface area contributed by atoms with Crippen LogP contribution in [0.1, 0.15) is 29.3 Å². The van der Waals surface area contributed by atoms with Gasteiger partial charge in [0, 0.05) is 32.1 Å². The molecule has 2 aromatic rings. The van der Waals surface area contributed by atoms with Crippen LogP contribution in [0.2, 0.25) is 0 Å². The quantitative estimate of drug-likeness (QED) is 0.352. The maximum atomic E-state index is 4.50. The molecule has 0 radical (unpaired) electrons. The molecule has 1 unspecified atom stereocenters. The van der Waals surface area contributed by atoms with Crippen molar-refractivity contribution in [1.29, 1.82) is 0 Å². The van der Waals surface area contributed by atoms with Gasteiger partial charge in [-0.1, -0.05) is 36.4 Å². The van der Waals surface area contributed by atoms with Gasteiger partial charge in [-0.15, -0.1) is 35.3 Å². The standard InChI is InChI=1S/C21H30N4S.HI/c1-22-21(24(2)15-12-19-11-8-16-26-19)23-17-20(25-13-6-7-14-25)18-9-4-3-5-10-18;/h3-5,8-11,16,20H,6-7,12-15,17H2,1-2H3,(H,22,23);1H. The summed E-state index contributed by atoms with van der Waals surface area (Å²) in [6.45, 7) is 4.24. The highest BCUT2D eigenvalue weighted by Gasteiger charge is 2.23. The minimum Gasteiger partial charge on any atom is -0.354 e. The Morgan fingerprint density at radius 3 is 2.56 bits per heavy atom. The molecule has 1 aromatic heterocycles. The van der Waals surface area contributed by atoms with Crippen LogP contribution in [0.5, 0.6) is 0 Å². The van der Waals surface area contributed by atoms with E-state index in [-0.39, 0.29) is 24.0 Å². The Balaban J connectivity index is 0.00000261. The maximum absolute atomic E-state index is 4.50. The van der Waals surface area contributed by atoms with Gasteiger partial charge in [0.25, 0.3) is 0 Å². The SMILES string of the molecule is CN=C(NCC(c1ccccc1)N1CCCC1)N(C)CCc1cccs1.I. The molecule has 1 fully saturated rings. The van der Waals surface area contributed by atoms with E-state index < -0.39 is 0 Å². The van der Waals surface area contributed by atoms with Crippen molar-refractivity contribution in [2.75, 3.05) is 40.3 Å². The Bertz CT molecular complexity index is 669. The highest BCUT2D eigenvalue weighted by Crippen LogP contribution is 2.24. The number of likely N-dealkylation sites (N-methyl/N-ethyl adjacent to an activating group) is 1. The lowest BCUT2D eigenvalue weighted by molar-refractivity contribution is 0.244. The van der Waals surface area contributed by atoms with E-state index in [0.29, 0.717) is 6.04 Å². The summed E-state index contributed by atoms with van der Waals surface area (Å²) >= 11 is 1.82. The van der Waals surface area contributed by atoms with Gasteiger partial charge in [-0.25, -0.2) is 0 Å². The second kappa shape index (κ2) is 11.7. The third-order valence-corrected chi connectivity index (χ3v) is 6.00. The van der Waals surface area contributed by atoms with Gasteiger partial charge < -0.3 is 10.2 Å². The van der Waals surface area contributed by atoms with Gasteiger partial charge in [0.05, 0.1) is 6.04 Å². The average molecular weight is 498 g/mol. The van der Waals surface area contributed by atoms with E-state index in [2.05, 4.69) is 75.0 Å². The Morgan fingerprint density at radius 2 is 1.93 bits per heavy atom. The summed E-state index contributed by atoms with van der Waals surface area (Å²) < 4.78 is 0. The number of guanidine groups is 1. The van der Waals surface area contributed by atoms with Crippen LogP contribution in [-0.2, 0) is 6.42 Å². The average Bonchev–Trinajstić information content (AvgIpc) is 3.38. The Labute approximate surface area is 184 Å². The number of benzene rings is 1. The van der Waals surface area contributed by atoms with Crippen molar-refractivity contribution in [3.63, 3.8) is 0 Å². The zero-order chi connectivity index (χ0) is 18.2. The van der Waals surface area contributed by atoms with E-state index in [4.69, 9.17) is 0 Å². The first-order valence-electron chi connectivity index (χ1n) is 9.51. The lowest BCUT2D eigenvalue weighted by atomic mass is 10.1. The monoisotopic (exact) mass is 498 g/mol. The summed E-state index contributed by atoms with van der Waals surface area (Å²) in [5, 5.41) is 5.75. The molecule has 6 heteroatoms. The molecule has 0 spiro atoms. The van der Waals surface area contributed by atoms with Crippen LogP contribution in [0.4, 0.5) is 0 Å². The van der Waals surface area contributed by atoms with Crippen LogP contribution in [0.15, 0.2) is 52.8 Å². The number of rotatable bonds is 7. The van der Waals surface area contributed by atoms with Crippen LogP contribution >= 0.6 is 35.3 Å². The van der Waals surface area contributed by atoms with E-state index in [1.165, 1.54) is 36.4 Å². The van der Waals surface area contributed by atoms with Gasteiger partial charge in [-0.2, -0.15) is 0 Å². The van der Waals surface area contributed by atoms with Gasteiger partial charge in [0.1, 0.15) is 0 Å². The summed E-state index contributed by atoms with van der Waals surface area (Å²) in [6, 6.07) is 15.6. The molecule has 1 N–H and O–H groups in total. The van der Waals surface area contributed by atoms with E-state index >= 15 is 0 Å². The zero-order valence-corrected chi connectivity index (χ0v) is 19.5. The normalized spacial score (nSPS) is 16.0. The first kappa shape index (κ1) is 22.2. The van der Waals surface area contributed by atoms with Crippen molar-refractivity contribution < 1.29 is 0 Å². The number of hydrogen-bond donors (Lipinski definition) is 1. The summed E-state index contributed by atoms with van der Waals surface area (Å²) in [5.41, 5.74) is 1.39. The highest BCUT2D eigenvalue weighted by molar-refractivity contribution is 14.0. The third-order valence-electron chi connectivity index (χ3n) is 5.07. The number of halogens is 1. The van der Waals surface area contributed by atoms with Gasteiger partial charge in [-0.05, 0) is 49.4 Å². The van der Waals surface area contributed by atoms with Crippen LogP contribution in [0.25, 0.3) is 0 Å². The molecule has 0 amide bonds. The molecule has 3 rings (SSSR count). The molecule has 0 saturated carbocycles. The molecule has 1 saturated heterocycles. The molecule has 1 atom stereocenters. The summed E-state index contributed by atoms with van der Waals surface area (Å²) in [5.74, 6) is 0.974. The fourth-order valence-corrected chi connectivity index (χ4v) is 4.30. The molecule has 0 aliphatic carbocycles. The minimum absolute atomic E-state index is 0. The van der Waals surface area contributed by atoms with Gasteiger partial charge >= 0.3 is 0 Å². The van der Waals surface area contributed by atoms with Crippen molar-refractivity contribution >= 4 is 41.3 Å². The first-order valence-corrected chi connectivity index (χ1v) is 10.4. The molecule has 27 heavy (non-hydrogen) atoms. The molecule has 0 bridgehead atoms. The van der Waals surface area contributed by atoms with Crippen molar-refractivity contribution in [1.82, 2.24) is 15.1 Å². The number of likely N-dealkylation sites (tertiary alicyclic amines) is 1. The first-order chi connectivity index (χ1) is 12.8. The lowest BCUT2D eigenvalue weighted by Crippen LogP contribution is -2.44. The minimum atomic E-state index is 0.